The van der Waals surface area contributed by atoms with E-state index in [2.05, 4.69) is 30.5 Å². The molecule has 0 saturated carbocycles. The molecule has 2 rings (SSSR count). The van der Waals surface area contributed by atoms with Crippen LogP contribution in [0, 0.1) is 6.92 Å². The van der Waals surface area contributed by atoms with Crippen LogP contribution in [0.1, 0.15) is 11.4 Å². The molecule has 0 unspecified atom stereocenters. The maximum atomic E-state index is 4.13. The van der Waals surface area contributed by atoms with Gasteiger partial charge in [0.25, 0.3) is 0 Å². The first-order valence-electron chi connectivity index (χ1n) is 4.71. The summed E-state index contributed by atoms with van der Waals surface area (Å²) < 4.78 is 0. The molecule has 0 amide bonds. The van der Waals surface area contributed by atoms with Gasteiger partial charge in [-0.2, -0.15) is 5.10 Å². The van der Waals surface area contributed by atoms with Gasteiger partial charge in [0.2, 0.25) is 5.95 Å². The molecule has 2 N–H and O–H groups in total. The SMILES string of the molecule is Cc1cnc(NCCc2ncn[nH]2)nc1. The van der Waals surface area contributed by atoms with Crippen molar-refractivity contribution in [3.63, 3.8) is 0 Å². The zero-order valence-electron chi connectivity index (χ0n) is 8.44. The lowest BCUT2D eigenvalue weighted by molar-refractivity contribution is 0.890. The lowest BCUT2D eigenvalue weighted by Gasteiger charge is -2.02. The molecule has 0 fully saturated rings. The third kappa shape index (κ3) is 2.73. The van der Waals surface area contributed by atoms with Crippen LogP contribution in [0.5, 0.6) is 0 Å². The van der Waals surface area contributed by atoms with Gasteiger partial charge in [-0.05, 0) is 12.5 Å². The zero-order valence-corrected chi connectivity index (χ0v) is 8.44. The van der Waals surface area contributed by atoms with Crippen LogP contribution < -0.4 is 5.32 Å². The molecule has 0 saturated heterocycles. The fourth-order valence-electron chi connectivity index (χ4n) is 1.13. The molecule has 0 bridgehead atoms. The van der Waals surface area contributed by atoms with E-state index in [0.29, 0.717) is 5.95 Å². The third-order valence-corrected chi connectivity index (χ3v) is 1.89. The van der Waals surface area contributed by atoms with Crippen molar-refractivity contribution in [2.75, 3.05) is 11.9 Å². The predicted octanol–water partition coefficient (Wildman–Crippen LogP) is 0.558. The number of nitrogens with one attached hydrogen (secondary N) is 2. The van der Waals surface area contributed by atoms with Gasteiger partial charge in [-0.3, -0.25) is 5.10 Å². The molecule has 0 spiro atoms. The molecule has 0 aromatic carbocycles. The van der Waals surface area contributed by atoms with Gasteiger partial charge in [0, 0.05) is 25.4 Å². The number of anilines is 1. The highest BCUT2D eigenvalue weighted by Gasteiger charge is 1.97. The van der Waals surface area contributed by atoms with Crippen LogP contribution in [0.2, 0.25) is 0 Å². The highest BCUT2D eigenvalue weighted by Crippen LogP contribution is 1.98. The minimum absolute atomic E-state index is 0.639. The first-order valence-corrected chi connectivity index (χ1v) is 4.71. The van der Waals surface area contributed by atoms with E-state index in [4.69, 9.17) is 0 Å². The van der Waals surface area contributed by atoms with Gasteiger partial charge in [-0.25, -0.2) is 15.0 Å². The van der Waals surface area contributed by atoms with Gasteiger partial charge < -0.3 is 5.32 Å². The Kier molecular flexibility index (Phi) is 2.87. The number of aromatic amines is 1. The van der Waals surface area contributed by atoms with E-state index in [1.165, 1.54) is 6.33 Å². The van der Waals surface area contributed by atoms with Gasteiger partial charge in [0.05, 0.1) is 0 Å². The number of aryl methyl sites for hydroxylation is 1. The van der Waals surface area contributed by atoms with Crippen LogP contribution in [0.15, 0.2) is 18.7 Å². The summed E-state index contributed by atoms with van der Waals surface area (Å²) in [7, 11) is 0. The number of H-pyrrole nitrogens is 1. The summed E-state index contributed by atoms with van der Waals surface area (Å²) in [5.41, 5.74) is 1.05. The summed E-state index contributed by atoms with van der Waals surface area (Å²) in [6, 6.07) is 0. The van der Waals surface area contributed by atoms with Crippen molar-refractivity contribution >= 4 is 5.95 Å². The highest BCUT2D eigenvalue weighted by molar-refractivity contribution is 5.24. The number of hydrogen-bond acceptors (Lipinski definition) is 5. The molecule has 78 valence electrons. The second kappa shape index (κ2) is 4.50. The largest absolute Gasteiger partial charge is 0.354 e. The third-order valence-electron chi connectivity index (χ3n) is 1.89. The van der Waals surface area contributed by atoms with Gasteiger partial charge >= 0.3 is 0 Å². The van der Waals surface area contributed by atoms with Crippen LogP contribution >= 0.6 is 0 Å². The van der Waals surface area contributed by atoms with Crippen molar-refractivity contribution in [3.8, 4) is 0 Å². The van der Waals surface area contributed by atoms with Crippen molar-refractivity contribution < 1.29 is 0 Å². The number of aromatic nitrogens is 5. The molecule has 0 radical (unpaired) electrons. The van der Waals surface area contributed by atoms with E-state index in [-0.39, 0.29) is 0 Å². The number of hydrogen-bond donors (Lipinski definition) is 2. The number of nitrogens with zero attached hydrogens (tertiary/aromatic N) is 4. The van der Waals surface area contributed by atoms with Crippen molar-refractivity contribution in [1.82, 2.24) is 25.1 Å². The first kappa shape index (κ1) is 9.57. The zero-order chi connectivity index (χ0) is 10.5. The Bertz CT molecular complexity index is 393. The topological polar surface area (TPSA) is 79.4 Å². The highest BCUT2D eigenvalue weighted by atomic mass is 15.2. The van der Waals surface area contributed by atoms with Crippen molar-refractivity contribution in [3.05, 3.63) is 30.1 Å². The summed E-state index contributed by atoms with van der Waals surface area (Å²) in [5.74, 6) is 1.50. The summed E-state index contributed by atoms with van der Waals surface area (Å²) in [4.78, 5) is 12.3. The fraction of sp³-hybridized carbons (Fsp3) is 0.333. The monoisotopic (exact) mass is 204 g/mol. The minimum Gasteiger partial charge on any atom is -0.354 e. The van der Waals surface area contributed by atoms with Crippen LogP contribution in [0.25, 0.3) is 0 Å². The van der Waals surface area contributed by atoms with E-state index in [1.807, 2.05) is 6.92 Å². The average Bonchev–Trinajstić information content (AvgIpc) is 2.74. The lowest BCUT2D eigenvalue weighted by Crippen LogP contribution is -2.08. The quantitative estimate of drug-likeness (QED) is 0.760. The molecule has 0 aliphatic carbocycles. The Labute approximate surface area is 87.2 Å². The van der Waals surface area contributed by atoms with Crippen LogP contribution in [0.4, 0.5) is 5.95 Å². The molecular weight excluding hydrogens is 192 g/mol. The molecule has 2 heterocycles. The molecule has 2 aromatic rings. The first-order chi connectivity index (χ1) is 7.34. The molecule has 6 nitrogen and oxygen atoms in total. The Hall–Kier alpha value is -1.98. The molecule has 6 heteroatoms. The van der Waals surface area contributed by atoms with Gasteiger partial charge in [-0.15, -0.1) is 0 Å². The second-order valence-corrected chi connectivity index (χ2v) is 3.19. The maximum absolute atomic E-state index is 4.13. The maximum Gasteiger partial charge on any atom is 0.222 e. The fourth-order valence-corrected chi connectivity index (χ4v) is 1.13. The van der Waals surface area contributed by atoms with E-state index in [9.17, 15) is 0 Å². The molecule has 0 aliphatic rings. The van der Waals surface area contributed by atoms with Crippen molar-refractivity contribution in [2.24, 2.45) is 0 Å². The second-order valence-electron chi connectivity index (χ2n) is 3.19. The standard InChI is InChI=1S/C9H12N6/c1-7-4-11-9(12-5-7)10-3-2-8-13-6-14-15-8/h4-6H,2-3H2,1H3,(H,10,11,12)(H,13,14,15). The van der Waals surface area contributed by atoms with Gasteiger partial charge in [0.1, 0.15) is 12.2 Å². The summed E-state index contributed by atoms with van der Waals surface area (Å²) >= 11 is 0. The number of rotatable bonds is 4. The van der Waals surface area contributed by atoms with E-state index in [0.717, 1.165) is 24.4 Å². The Morgan fingerprint density at radius 1 is 1.27 bits per heavy atom. The molecule has 15 heavy (non-hydrogen) atoms. The Balaban J connectivity index is 1.81. The van der Waals surface area contributed by atoms with Crippen LogP contribution in [0.3, 0.4) is 0 Å². The normalized spacial score (nSPS) is 10.2. The minimum atomic E-state index is 0.639. The average molecular weight is 204 g/mol. The van der Waals surface area contributed by atoms with Crippen molar-refractivity contribution in [2.45, 2.75) is 13.3 Å². The van der Waals surface area contributed by atoms with Gasteiger partial charge in [-0.1, -0.05) is 0 Å². The molecule has 0 aliphatic heterocycles. The summed E-state index contributed by atoms with van der Waals surface area (Å²) in [6.07, 6.45) is 5.84. The van der Waals surface area contributed by atoms with Crippen LogP contribution in [-0.2, 0) is 6.42 Å². The lowest BCUT2D eigenvalue weighted by atomic mass is 10.4. The Morgan fingerprint density at radius 2 is 2.07 bits per heavy atom. The van der Waals surface area contributed by atoms with E-state index >= 15 is 0 Å². The molecular formula is C9H12N6. The van der Waals surface area contributed by atoms with E-state index < -0.39 is 0 Å². The molecule has 2 aromatic heterocycles. The predicted molar refractivity (Wildman–Crippen MR) is 55.3 cm³/mol. The molecule has 0 atom stereocenters. The summed E-state index contributed by atoms with van der Waals surface area (Å²) in [5, 5.41) is 9.66. The smallest absolute Gasteiger partial charge is 0.222 e. The Morgan fingerprint density at radius 3 is 2.73 bits per heavy atom. The van der Waals surface area contributed by atoms with Gasteiger partial charge in [0.15, 0.2) is 0 Å². The van der Waals surface area contributed by atoms with Crippen molar-refractivity contribution in [1.29, 1.82) is 0 Å². The van der Waals surface area contributed by atoms with Crippen LogP contribution in [-0.4, -0.2) is 31.7 Å². The van der Waals surface area contributed by atoms with E-state index in [1.54, 1.807) is 12.4 Å². The summed E-state index contributed by atoms with van der Waals surface area (Å²) in [6.45, 7) is 2.69.